The van der Waals surface area contributed by atoms with Crippen LogP contribution in [0, 0.1) is 0 Å². The van der Waals surface area contributed by atoms with Crippen LogP contribution in [0.5, 0.6) is 0 Å². The van der Waals surface area contributed by atoms with E-state index in [0.29, 0.717) is 11.7 Å². The summed E-state index contributed by atoms with van der Waals surface area (Å²) in [7, 11) is 0. The van der Waals surface area contributed by atoms with E-state index in [0.717, 1.165) is 55.4 Å². The standard InChI is InChI=1S/C18H22N6O.H2/c1-2-25-12-13-11-24(10-9-19-13)16-7-3-6-15(21-16)17-14-5-4-8-20-18(14)23-22-17;/h3-8,13,19H,2,9-12H2,1H3,(H,20,22,23);1H/t13-;/m1./s1. The van der Waals surface area contributed by atoms with Crippen LogP contribution in [-0.2, 0) is 4.74 Å². The van der Waals surface area contributed by atoms with Crippen molar-refractivity contribution in [3.8, 4) is 11.4 Å². The molecule has 7 nitrogen and oxygen atoms in total. The van der Waals surface area contributed by atoms with Crippen LogP contribution in [0.3, 0.4) is 0 Å². The number of nitrogens with zero attached hydrogens (tertiary/aromatic N) is 4. The van der Waals surface area contributed by atoms with E-state index in [9.17, 15) is 0 Å². The van der Waals surface area contributed by atoms with Crippen molar-refractivity contribution in [1.82, 2.24) is 25.5 Å². The lowest BCUT2D eigenvalue weighted by Crippen LogP contribution is -2.53. The number of aromatic amines is 1. The maximum atomic E-state index is 5.56. The third kappa shape index (κ3) is 3.33. The van der Waals surface area contributed by atoms with E-state index in [1.165, 1.54) is 0 Å². The lowest BCUT2D eigenvalue weighted by Gasteiger charge is -2.34. The molecule has 0 unspecified atom stereocenters. The number of fused-ring (bicyclic) bond motifs is 1. The molecular formula is C18H24N6O. The number of aromatic nitrogens is 4. The van der Waals surface area contributed by atoms with E-state index >= 15 is 0 Å². The van der Waals surface area contributed by atoms with Gasteiger partial charge in [0.1, 0.15) is 5.82 Å². The predicted molar refractivity (Wildman–Crippen MR) is 99.7 cm³/mol. The number of nitrogens with one attached hydrogen (secondary N) is 2. The number of piperazine rings is 1. The maximum Gasteiger partial charge on any atom is 0.181 e. The van der Waals surface area contributed by atoms with Gasteiger partial charge in [0.05, 0.1) is 18.0 Å². The van der Waals surface area contributed by atoms with Crippen molar-refractivity contribution in [2.24, 2.45) is 0 Å². The lowest BCUT2D eigenvalue weighted by atomic mass is 10.2. The zero-order valence-electron chi connectivity index (χ0n) is 14.3. The number of rotatable bonds is 5. The molecule has 0 radical (unpaired) electrons. The normalized spacial score (nSPS) is 18.0. The van der Waals surface area contributed by atoms with Crippen molar-refractivity contribution in [2.45, 2.75) is 13.0 Å². The van der Waals surface area contributed by atoms with E-state index in [-0.39, 0.29) is 1.43 Å². The largest absolute Gasteiger partial charge is 0.380 e. The second-order valence-electron chi connectivity index (χ2n) is 6.11. The molecule has 7 heteroatoms. The summed E-state index contributed by atoms with van der Waals surface area (Å²) in [5.41, 5.74) is 2.50. The molecule has 4 rings (SSSR count). The van der Waals surface area contributed by atoms with Gasteiger partial charge in [-0.15, -0.1) is 0 Å². The van der Waals surface area contributed by atoms with Gasteiger partial charge >= 0.3 is 0 Å². The number of ether oxygens (including phenoxy) is 1. The second kappa shape index (κ2) is 7.16. The molecule has 0 spiro atoms. The van der Waals surface area contributed by atoms with Crippen LogP contribution in [0.2, 0.25) is 0 Å². The van der Waals surface area contributed by atoms with Crippen LogP contribution in [0.25, 0.3) is 22.4 Å². The Labute approximate surface area is 147 Å². The first-order valence-electron chi connectivity index (χ1n) is 8.67. The molecule has 1 aliphatic heterocycles. The highest BCUT2D eigenvalue weighted by molar-refractivity contribution is 5.89. The first-order chi connectivity index (χ1) is 12.3. The fourth-order valence-corrected chi connectivity index (χ4v) is 3.19. The molecule has 0 aliphatic carbocycles. The molecular weight excluding hydrogens is 316 g/mol. The Kier molecular flexibility index (Phi) is 4.58. The summed E-state index contributed by atoms with van der Waals surface area (Å²) in [6, 6.07) is 10.4. The number of pyridine rings is 2. The molecule has 1 aliphatic rings. The first kappa shape index (κ1) is 16.0. The molecule has 4 heterocycles. The molecule has 0 amide bonds. The maximum absolute atomic E-state index is 5.56. The molecule has 0 aromatic carbocycles. The molecule has 1 fully saturated rings. The highest BCUT2D eigenvalue weighted by Gasteiger charge is 2.21. The van der Waals surface area contributed by atoms with E-state index < -0.39 is 0 Å². The zero-order chi connectivity index (χ0) is 17.1. The van der Waals surface area contributed by atoms with Gasteiger partial charge in [-0.25, -0.2) is 9.97 Å². The van der Waals surface area contributed by atoms with Crippen LogP contribution in [-0.4, -0.2) is 59.1 Å². The van der Waals surface area contributed by atoms with E-state index in [1.807, 2.05) is 31.2 Å². The monoisotopic (exact) mass is 340 g/mol. The fraction of sp³-hybridized carbons (Fsp3) is 0.389. The SMILES string of the molecule is CCOC[C@H]1CN(c2cccc(-c3[nH]nc4ncccc34)n2)CCN1.[HH]. The topological polar surface area (TPSA) is 79.0 Å². The van der Waals surface area contributed by atoms with Gasteiger partial charge < -0.3 is 15.0 Å². The quantitative estimate of drug-likeness (QED) is 0.740. The summed E-state index contributed by atoms with van der Waals surface area (Å²) in [6.07, 6.45) is 1.75. The molecule has 3 aromatic rings. The van der Waals surface area contributed by atoms with Crippen LogP contribution in [0.15, 0.2) is 36.5 Å². The Balaban J connectivity index is 0.00000196. The molecule has 2 N–H and O–H groups in total. The molecule has 0 bridgehead atoms. The van der Waals surface area contributed by atoms with E-state index in [1.54, 1.807) is 6.20 Å². The van der Waals surface area contributed by atoms with E-state index in [2.05, 4.69) is 31.5 Å². The zero-order valence-corrected chi connectivity index (χ0v) is 14.3. The van der Waals surface area contributed by atoms with Crippen molar-refractivity contribution >= 4 is 16.9 Å². The third-order valence-corrected chi connectivity index (χ3v) is 4.42. The highest BCUT2D eigenvalue weighted by Crippen LogP contribution is 2.25. The van der Waals surface area contributed by atoms with Crippen LogP contribution in [0.1, 0.15) is 8.35 Å². The minimum Gasteiger partial charge on any atom is -0.380 e. The Hall–Kier alpha value is -2.51. The van der Waals surface area contributed by atoms with Gasteiger partial charge in [-0.1, -0.05) is 6.07 Å². The Morgan fingerprint density at radius 1 is 1.32 bits per heavy atom. The molecule has 3 aromatic heterocycles. The highest BCUT2D eigenvalue weighted by atomic mass is 16.5. The average Bonchev–Trinajstić information content (AvgIpc) is 3.11. The van der Waals surface area contributed by atoms with Gasteiger partial charge in [0.15, 0.2) is 5.65 Å². The van der Waals surface area contributed by atoms with E-state index in [4.69, 9.17) is 9.72 Å². The Morgan fingerprint density at radius 3 is 3.20 bits per heavy atom. The van der Waals surface area contributed by atoms with Gasteiger partial charge in [-0.05, 0) is 31.2 Å². The third-order valence-electron chi connectivity index (χ3n) is 4.42. The number of hydrogen-bond acceptors (Lipinski definition) is 6. The fourth-order valence-electron chi connectivity index (χ4n) is 3.19. The van der Waals surface area contributed by atoms with Gasteiger partial charge in [0.25, 0.3) is 0 Å². The predicted octanol–water partition coefficient (Wildman–Crippen LogP) is 2.08. The van der Waals surface area contributed by atoms with Gasteiger partial charge in [0, 0.05) is 45.3 Å². The van der Waals surface area contributed by atoms with Crippen molar-refractivity contribution in [3.63, 3.8) is 0 Å². The molecule has 0 saturated carbocycles. The Bertz CT molecular complexity index is 854. The summed E-state index contributed by atoms with van der Waals surface area (Å²) in [4.78, 5) is 11.4. The Morgan fingerprint density at radius 2 is 2.28 bits per heavy atom. The summed E-state index contributed by atoms with van der Waals surface area (Å²) in [5.74, 6) is 0.979. The summed E-state index contributed by atoms with van der Waals surface area (Å²) in [5, 5.41) is 11.8. The summed E-state index contributed by atoms with van der Waals surface area (Å²) >= 11 is 0. The first-order valence-corrected chi connectivity index (χ1v) is 8.67. The number of H-pyrrole nitrogens is 1. The molecule has 132 valence electrons. The van der Waals surface area contributed by atoms with Crippen molar-refractivity contribution in [1.29, 1.82) is 0 Å². The van der Waals surface area contributed by atoms with Crippen LogP contribution >= 0.6 is 0 Å². The van der Waals surface area contributed by atoms with Gasteiger partial charge in [0.2, 0.25) is 0 Å². The van der Waals surface area contributed by atoms with Crippen LogP contribution < -0.4 is 10.2 Å². The smallest absolute Gasteiger partial charge is 0.181 e. The van der Waals surface area contributed by atoms with Gasteiger partial charge in [-0.3, -0.25) is 5.10 Å². The average molecular weight is 340 g/mol. The minimum atomic E-state index is 0. The molecule has 1 saturated heterocycles. The minimum absolute atomic E-state index is 0. The summed E-state index contributed by atoms with van der Waals surface area (Å²) in [6.45, 7) is 6.25. The van der Waals surface area contributed by atoms with Crippen molar-refractivity contribution in [3.05, 3.63) is 36.5 Å². The van der Waals surface area contributed by atoms with Gasteiger partial charge in [-0.2, -0.15) is 5.10 Å². The summed E-state index contributed by atoms with van der Waals surface area (Å²) < 4.78 is 5.56. The lowest BCUT2D eigenvalue weighted by molar-refractivity contribution is 0.121. The van der Waals surface area contributed by atoms with Crippen molar-refractivity contribution < 1.29 is 6.16 Å². The number of hydrogen-bond donors (Lipinski definition) is 2. The number of anilines is 1. The molecule has 25 heavy (non-hydrogen) atoms. The second-order valence-corrected chi connectivity index (χ2v) is 6.11. The van der Waals surface area contributed by atoms with Crippen molar-refractivity contribution in [2.75, 3.05) is 37.7 Å². The molecule has 1 atom stereocenters. The van der Waals surface area contributed by atoms with Crippen LogP contribution in [0.4, 0.5) is 5.82 Å².